The van der Waals surface area contributed by atoms with Crippen LogP contribution in [-0.2, 0) is 0 Å². The predicted molar refractivity (Wildman–Crippen MR) is 62.4 cm³/mol. The van der Waals surface area contributed by atoms with E-state index in [0.717, 1.165) is 0 Å². The van der Waals surface area contributed by atoms with Gasteiger partial charge in [0.25, 0.3) is 0 Å². The van der Waals surface area contributed by atoms with E-state index in [1.54, 1.807) is 0 Å². The molecule has 0 spiro atoms. The number of rotatable bonds is 5. The average molecular weight is 195 g/mol. The Hall–Kier alpha value is -0.343. The molecule has 1 rings (SSSR count). The molecule has 0 unspecified atom stereocenters. The van der Waals surface area contributed by atoms with Gasteiger partial charge < -0.3 is 4.57 Å². The summed E-state index contributed by atoms with van der Waals surface area (Å²) in [5, 5.41) is 0. The SMILES string of the molecule is C=CC[Si](C)(CC=C)N1CCCC1. The van der Waals surface area contributed by atoms with Crippen molar-refractivity contribution in [3.05, 3.63) is 25.3 Å². The first-order chi connectivity index (χ1) is 6.23. The van der Waals surface area contributed by atoms with E-state index in [1.807, 2.05) is 0 Å². The molecule has 0 bridgehead atoms. The summed E-state index contributed by atoms with van der Waals surface area (Å²) in [6.07, 6.45) is 6.95. The first-order valence-corrected chi connectivity index (χ1v) is 8.06. The van der Waals surface area contributed by atoms with Crippen LogP contribution < -0.4 is 0 Å². The molecule has 0 aromatic rings. The Morgan fingerprint density at radius 2 is 1.62 bits per heavy atom. The highest BCUT2D eigenvalue weighted by Gasteiger charge is 2.33. The fraction of sp³-hybridized carbons (Fsp3) is 0.636. The van der Waals surface area contributed by atoms with Crippen LogP contribution in [-0.4, -0.2) is 25.9 Å². The summed E-state index contributed by atoms with van der Waals surface area (Å²) in [6.45, 7) is 12.8. The Morgan fingerprint density at radius 3 is 2.00 bits per heavy atom. The van der Waals surface area contributed by atoms with Crippen LogP contribution in [0.1, 0.15) is 12.8 Å². The van der Waals surface area contributed by atoms with Crippen molar-refractivity contribution < 1.29 is 0 Å². The van der Waals surface area contributed by atoms with Crippen LogP contribution in [0.2, 0.25) is 18.6 Å². The van der Waals surface area contributed by atoms with Crippen molar-refractivity contribution in [1.29, 1.82) is 0 Å². The molecular weight excluding hydrogens is 174 g/mol. The maximum absolute atomic E-state index is 3.87. The highest BCUT2D eigenvalue weighted by Crippen LogP contribution is 2.25. The van der Waals surface area contributed by atoms with Crippen molar-refractivity contribution in [2.75, 3.05) is 13.1 Å². The van der Waals surface area contributed by atoms with Gasteiger partial charge in [0.05, 0.1) is 0 Å². The standard InChI is InChI=1S/C11H21NSi/c1-4-10-13(3,11-5-2)12-8-6-7-9-12/h4-5H,1-2,6-11H2,3H3. The molecule has 1 fully saturated rings. The van der Waals surface area contributed by atoms with E-state index in [9.17, 15) is 0 Å². The third-order valence-corrected chi connectivity index (χ3v) is 7.35. The third kappa shape index (κ3) is 2.55. The zero-order valence-electron chi connectivity index (χ0n) is 8.76. The molecule has 1 aliphatic heterocycles. The molecule has 0 aromatic heterocycles. The van der Waals surface area contributed by atoms with Gasteiger partial charge in [-0.15, -0.1) is 13.2 Å². The molecule has 0 N–H and O–H groups in total. The number of hydrogen-bond acceptors (Lipinski definition) is 1. The Labute approximate surface area is 83.2 Å². The summed E-state index contributed by atoms with van der Waals surface area (Å²) < 4.78 is 2.72. The molecule has 0 radical (unpaired) electrons. The molecule has 1 nitrogen and oxygen atoms in total. The lowest BCUT2D eigenvalue weighted by Crippen LogP contribution is -2.48. The molecule has 13 heavy (non-hydrogen) atoms. The van der Waals surface area contributed by atoms with Crippen molar-refractivity contribution in [3.8, 4) is 0 Å². The minimum Gasteiger partial charge on any atom is -0.323 e. The zero-order chi connectivity index (χ0) is 9.73. The predicted octanol–water partition coefficient (Wildman–Crippen LogP) is 3.03. The van der Waals surface area contributed by atoms with Crippen LogP contribution in [0.4, 0.5) is 0 Å². The topological polar surface area (TPSA) is 3.24 Å². The van der Waals surface area contributed by atoms with Crippen LogP contribution in [0, 0.1) is 0 Å². The molecule has 74 valence electrons. The van der Waals surface area contributed by atoms with E-state index in [2.05, 4.69) is 36.4 Å². The molecular formula is C11H21NSi. The highest BCUT2D eigenvalue weighted by atomic mass is 28.3. The molecule has 0 saturated carbocycles. The van der Waals surface area contributed by atoms with Crippen LogP contribution in [0.15, 0.2) is 25.3 Å². The second-order valence-corrected chi connectivity index (χ2v) is 8.62. The van der Waals surface area contributed by atoms with E-state index in [4.69, 9.17) is 0 Å². The fourth-order valence-electron chi connectivity index (χ4n) is 2.22. The maximum Gasteiger partial charge on any atom is 0.132 e. The van der Waals surface area contributed by atoms with E-state index in [-0.39, 0.29) is 0 Å². The average Bonchev–Trinajstić information content (AvgIpc) is 2.57. The molecule has 1 aliphatic rings. The summed E-state index contributed by atoms with van der Waals surface area (Å²) in [7, 11) is -1.22. The van der Waals surface area contributed by atoms with Gasteiger partial charge in [-0.3, -0.25) is 0 Å². The van der Waals surface area contributed by atoms with Crippen molar-refractivity contribution in [3.63, 3.8) is 0 Å². The Balaban J connectivity index is 2.62. The van der Waals surface area contributed by atoms with Crippen molar-refractivity contribution in [2.24, 2.45) is 0 Å². The largest absolute Gasteiger partial charge is 0.323 e. The van der Waals surface area contributed by atoms with Gasteiger partial charge in [-0.05, 0) is 38.0 Å². The second kappa shape index (κ2) is 4.77. The minimum atomic E-state index is -1.22. The van der Waals surface area contributed by atoms with Crippen molar-refractivity contribution in [1.82, 2.24) is 4.57 Å². The molecule has 1 heterocycles. The summed E-state index contributed by atoms with van der Waals surface area (Å²) in [5.41, 5.74) is 0. The lowest BCUT2D eigenvalue weighted by atomic mass is 10.4. The van der Waals surface area contributed by atoms with Gasteiger partial charge >= 0.3 is 0 Å². The fourth-order valence-corrected chi connectivity index (χ4v) is 5.54. The van der Waals surface area contributed by atoms with E-state index in [1.165, 1.54) is 38.0 Å². The molecule has 0 aromatic carbocycles. The van der Waals surface area contributed by atoms with Crippen LogP contribution in [0.25, 0.3) is 0 Å². The summed E-state index contributed by atoms with van der Waals surface area (Å²) in [4.78, 5) is 0. The minimum absolute atomic E-state index is 1.21. The van der Waals surface area contributed by atoms with Gasteiger partial charge in [0.15, 0.2) is 0 Å². The van der Waals surface area contributed by atoms with Gasteiger partial charge in [0, 0.05) is 0 Å². The van der Waals surface area contributed by atoms with Gasteiger partial charge in [-0.2, -0.15) is 0 Å². The van der Waals surface area contributed by atoms with E-state index in [0.29, 0.717) is 0 Å². The van der Waals surface area contributed by atoms with Gasteiger partial charge in [0.1, 0.15) is 8.24 Å². The normalized spacial score (nSPS) is 18.8. The van der Waals surface area contributed by atoms with E-state index >= 15 is 0 Å². The Bertz CT molecular complexity index is 173. The van der Waals surface area contributed by atoms with Crippen LogP contribution in [0.3, 0.4) is 0 Å². The van der Waals surface area contributed by atoms with Gasteiger partial charge in [-0.1, -0.05) is 18.7 Å². The highest BCUT2D eigenvalue weighted by molar-refractivity contribution is 6.76. The summed E-state index contributed by atoms with van der Waals surface area (Å²) in [5.74, 6) is 0. The van der Waals surface area contributed by atoms with Crippen LogP contribution in [0.5, 0.6) is 0 Å². The maximum atomic E-state index is 3.87. The smallest absolute Gasteiger partial charge is 0.132 e. The van der Waals surface area contributed by atoms with E-state index < -0.39 is 8.24 Å². The molecule has 2 heteroatoms. The third-order valence-electron chi connectivity index (χ3n) is 3.04. The molecule has 0 aliphatic carbocycles. The van der Waals surface area contributed by atoms with Crippen molar-refractivity contribution in [2.45, 2.75) is 31.5 Å². The Morgan fingerprint density at radius 1 is 1.15 bits per heavy atom. The molecule has 1 saturated heterocycles. The lowest BCUT2D eigenvalue weighted by molar-refractivity contribution is 0.517. The quantitative estimate of drug-likeness (QED) is 0.481. The number of nitrogens with zero attached hydrogens (tertiary/aromatic N) is 1. The van der Waals surface area contributed by atoms with Crippen LogP contribution >= 0.6 is 0 Å². The zero-order valence-corrected chi connectivity index (χ0v) is 9.76. The number of hydrogen-bond donors (Lipinski definition) is 0. The van der Waals surface area contributed by atoms with Gasteiger partial charge in [0.2, 0.25) is 0 Å². The Kier molecular flexibility index (Phi) is 3.94. The first-order valence-electron chi connectivity index (χ1n) is 5.20. The summed E-state index contributed by atoms with van der Waals surface area (Å²) in [6, 6.07) is 2.41. The molecule has 0 amide bonds. The monoisotopic (exact) mass is 195 g/mol. The van der Waals surface area contributed by atoms with Gasteiger partial charge in [-0.25, -0.2) is 0 Å². The van der Waals surface area contributed by atoms with Crippen molar-refractivity contribution >= 4 is 8.24 Å². The lowest BCUT2D eigenvalue weighted by Gasteiger charge is -2.35. The second-order valence-electron chi connectivity index (χ2n) is 4.18. The molecule has 0 atom stereocenters. The number of allylic oxidation sites excluding steroid dienone is 2. The summed E-state index contributed by atoms with van der Waals surface area (Å²) >= 11 is 0. The first kappa shape index (κ1) is 10.7.